The number of carboxylic acids is 2. The van der Waals surface area contributed by atoms with Gasteiger partial charge >= 0.3 is 11.9 Å². The van der Waals surface area contributed by atoms with Crippen LogP contribution in [-0.4, -0.2) is 33.0 Å². The number of aliphatic hydroxyl groups excluding tert-OH is 1. The molecule has 0 aliphatic carbocycles. The van der Waals surface area contributed by atoms with Gasteiger partial charge in [0.25, 0.3) is 0 Å². The summed E-state index contributed by atoms with van der Waals surface area (Å²) in [5, 5.41) is 27.5. The summed E-state index contributed by atoms with van der Waals surface area (Å²) in [6, 6.07) is 3.95. The standard InChI is InChI=1S/C12H11BrO6/c1-5(14)9(13)6-3-2-4-7(11(16)17)8(6)10(15)12(18)19/h2-4,9-10,15H,1H3,(H,16,17)(H,18,19). The van der Waals surface area contributed by atoms with Crippen LogP contribution in [-0.2, 0) is 9.59 Å². The molecule has 1 aromatic rings. The van der Waals surface area contributed by atoms with E-state index in [0.29, 0.717) is 0 Å². The zero-order valence-corrected chi connectivity index (χ0v) is 11.4. The highest BCUT2D eigenvalue weighted by atomic mass is 79.9. The Hall–Kier alpha value is -1.73. The molecular formula is C12H11BrO6. The Morgan fingerprint density at radius 1 is 1.21 bits per heavy atom. The van der Waals surface area contributed by atoms with Crippen molar-refractivity contribution in [2.45, 2.75) is 17.9 Å². The van der Waals surface area contributed by atoms with Crippen molar-refractivity contribution < 1.29 is 29.7 Å². The molecule has 7 heteroatoms. The Kier molecular flexibility index (Phi) is 4.79. The van der Waals surface area contributed by atoms with Gasteiger partial charge in [0.1, 0.15) is 5.78 Å². The normalized spacial score (nSPS) is 13.6. The Labute approximate surface area is 116 Å². The van der Waals surface area contributed by atoms with Gasteiger partial charge < -0.3 is 15.3 Å². The molecule has 0 saturated carbocycles. The molecule has 0 fully saturated rings. The number of hydrogen-bond donors (Lipinski definition) is 3. The zero-order valence-electron chi connectivity index (χ0n) is 9.83. The summed E-state index contributed by atoms with van der Waals surface area (Å²) in [6.07, 6.45) is -2.01. The molecule has 102 valence electrons. The monoisotopic (exact) mass is 330 g/mol. The van der Waals surface area contributed by atoms with Crippen LogP contribution in [0, 0.1) is 0 Å². The molecule has 0 heterocycles. The van der Waals surface area contributed by atoms with Gasteiger partial charge in [0.15, 0.2) is 6.10 Å². The molecule has 0 aliphatic heterocycles. The molecule has 2 atom stereocenters. The number of carbonyl (C=O) groups is 3. The van der Waals surface area contributed by atoms with Crippen LogP contribution in [0.2, 0.25) is 0 Å². The summed E-state index contributed by atoms with van der Waals surface area (Å²) >= 11 is 3.06. The molecule has 1 aromatic carbocycles. The third kappa shape index (κ3) is 3.18. The number of ketones is 1. The number of aromatic carboxylic acids is 1. The topological polar surface area (TPSA) is 112 Å². The lowest BCUT2D eigenvalue weighted by Crippen LogP contribution is -2.19. The second-order valence-electron chi connectivity index (χ2n) is 3.83. The number of carbonyl (C=O) groups excluding carboxylic acids is 1. The summed E-state index contributed by atoms with van der Waals surface area (Å²) < 4.78 is 0. The molecule has 2 unspecified atom stereocenters. The van der Waals surface area contributed by atoms with Gasteiger partial charge in [0.05, 0.1) is 10.4 Å². The van der Waals surface area contributed by atoms with Crippen LogP contribution < -0.4 is 0 Å². The van der Waals surface area contributed by atoms with Crippen molar-refractivity contribution in [1.82, 2.24) is 0 Å². The fraction of sp³-hybridized carbons (Fsp3) is 0.250. The number of aliphatic hydroxyl groups is 1. The van der Waals surface area contributed by atoms with Gasteiger partial charge in [-0.05, 0) is 18.6 Å². The number of Topliss-reactive ketones (excluding diaryl/α,β-unsaturated/α-hetero) is 1. The first-order valence-electron chi connectivity index (χ1n) is 5.18. The van der Waals surface area contributed by atoms with Gasteiger partial charge in [0, 0.05) is 5.56 Å². The Morgan fingerprint density at radius 2 is 1.79 bits per heavy atom. The smallest absolute Gasteiger partial charge is 0.337 e. The first-order valence-corrected chi connectivity index (χ1v) is 6.10. The van der Waals surface area contributed by atoms with E-state index in [-0.39, 0.29) is 22.5 Å². The summed E-state index contributed by atoms with van der Waals surface area (Å²) in [6.45, 7) is 1.27. The quantitative estimate of drug-likeness (QED) is 0.706. The van der Waals surface area contributed by atoms with Crippen LogP contribution in [0.25, 0.3) is 0 Å². The summed E-state index contributed by atoms with van der Waals surface area (Å²) in [5.41, 5.74) is -0.514. The van der Waals surface area contributed by atoms with Crippen molar-refractivity contribution in [2.24, 2.45) is 0 Å². The van der Waals surface area contributed by atoms with Crippen molar-refractivity contribution in [1.29, 1.82) is 0 Å². The summed E-state index contributed by atoms with van der Waals surface area (Å²) in [5.74, 6) is -3.29. The maximum Gasteiger partial charge on any atom is 0.337 e. The van der Waals surface area contributed by atoms with E-state index in [1.165, 1.54) is 25.1 Å². The van der Waals surface area contributed by atoms with Gasteiger partial charge in [-0.15, -0.1) is 0 Å². The fourth-order valence-electron chi connectivity index (χ4n) is 1.64. The third-order valence-electron chi connectivity index (χ3n) is 2.51. The van der Waals surface area contributed by atoms with E-state index in [4.69, 9.17) is 10.2 Å². The van der Waals surface area contributed by atoms with Crippen molar-refractivity contribution in [3.63, 3.8) is 0 Å². The molecular weight excluding hydrogens is 320 g/mol. The minimum atomic E-state index is -2.01. The van der Waals surface area contributed by atoms with Gasteiger partial charge in [-0.3, -0.25) is 4.79 Å². The fourth-order valence-corrected chi connectivity index (χ4v) is 2.04. The SMILES string of the molecule is CC(=O)C(Br)c1cccc(C(=O)O)c1C(O)C(=O)O. The highest BCUT2D eigenvalue weighted by Crippen LogP contribution is 2.33. The summed E-state index contributed by atoms with van der Waals surface area (Å²) in [7, 11) is 0. The van der Waals surface area contributed by atoms with Crippen LogP contribution in [0.5, 0.6) is 0 Å². The van der Waals surface area contributed by atoms with Crippen LogP contribution in [0.15, 0.2) is 18.2 Å². The number of aliphatic carboxylic acids is 1. The van der Waals surface area contributed by atoms with Crippen molar-refractivity contribution in [2.75, 3.05) is 0 Å². The van der Waals surface area contributed by atoms with Gasteiger partial charge in [-0.25, -0.2) is 9.59 Å². The molecule has 6 nitrogen and oxygen atoms in total. The third-order valence-corrected chi connectivity index (χ3v) is 3.65. The van der Waals surface area contributed by atoms with Gasteiger partial charge in [0.2, 0.25) is 0 Å². The lowest BCUT2D eigenvalue weighted by molar-refractivity contribution is -0.147. The molecule has 19 heavy (non-hydrogen) atoms. The average Bonchev–Trinajstić information content (AvgIpc) is 2.35. The molecule has 0 bridgehead atoms. The maximum atomic E-state index is 11.3. The molecule has 0 spiro atoms. The second-order valence-corrected chi connectivity index (χ2v) is 4.74. The van der Waals surface area contributed by atoms with E-state index in [2.05, 4.69) is 15.9 Å². The van der Waals surface area contributed by atoms with Crippen molar-refractivity contribution in [3.05, 3.63) is 34.9 Å². The molecule has 0 radical (unpaired) electrons. The highest BCUT2D eigenvalue weighted by molar-refractivity contribution is 9.09. The van der Waals surface area contributed by atoms with E-state index >= 15 is 0 Å². The van der Waals surface area contributed by atoms with E-state index in [0.717, 1.165) is 0 Å². The Balaban J connectivity index is 3.55. The highest BCUT2D eigenvalue weighted by Gasteiger charge is 2.29. The van der Waals surface area contributed by atoms with Gasteiger partial charge in [-0.1, -0.05) is 28.1 Å². The average molecular weight is 331 g/mol. The Morgan fingerprint density at radius 3 is 2.21 bits per heavy atom. The van der Waals surface area contributed by atoms with Crippen LogP contribution in [0.3, 0.4) is 0 Å². The van der Waals surface area contributed by atoms with Gasteiger partial charge in [-0.2, -0.15) is 0 Å². The Bertz CT molecular complexity index is 539. The lowest BCUT2D eigenvalue weighted by atomic mass is 9.93. The largest absolute Gasteiger partial charge is 0.479 e. The molecule has 3 N–H and O–H groups in total. The van der Waals surface area contributed by atoms with Crippen LogP contribution in [0.4, 0.5) is 0 Å². The second kappa shape index (κ2) is 5.94. The van der Waals surface area contributed by atoms with E-state index in [1.54, 1.807) is 0 Å². The number of benzene rings is 1. The molecule has 0 aliphatic rings. The first-order chi connectivity index (χ1) is 8.77. The number of rotatable bonds is 5. The molecule has 0 amide bonds. The molecule has 0 saturated heterocycles. The minimum Gasteiger partial charge on any atom is -0.479 e. The number of carboxylic acid groups (broad SMARTS) is 2. The number of halogens is 1. The zero-order chi connectivity index (χ0) is 14.7. The first kappa shape index (κ1) is 15.3. The summed E-state index contributed by atoms with van der Waals surface area (Å²) in [4.78, 5) is 32.4. The lowest BCUT2D eigenvalue weighted by Gasteiger charge is -2.17. The molecule has 0 aromatic heterocycles. The number of alkyl halides is 1. The van der Waals surface area contributed by atoms with Crippen LogP contribution >= 0.6 is 15.9 Å². The van der Waals surface area contributed by atoms with E-state index < -0.39 is 22.9 Å². The van der Waals surface area contributed by atoms with E-state index in [1.807, 2.05) is 0 Å². The van der Waals surface area contributed by atoms with Crippen molar-refractivity contribution >= 4 is 33.7 Å². The molecule has 1 rings (SSSR count). The van der Waals surface area contributed by atoms with E-state index in [9.17, 15) is 19.5 Å². The van der Waals surface area contributed by atoms with Crippen molar-refractivity contribution in [3.8, 4) is 0 Å². The predicted octanol–water partition coefficient (Wildman–Crippen LogP) is 1.53. The number of hydrogen-bond acceptors (Lipinski definition) is 4. The van der Waals surface area contributed by atoms with Crippen LogP contribution in [0.1, 0.15) is 39.3 Å². The predicted molar refractivity (Wildman–Crippen MR) is 68.3 cm³/mol. The minimum absolute atomic E-state index is 0.127. The maximum absolute atomic E-state index is 11.3.